The second-order valence-electron chi connectivity index (χ2n) is 6.24. The molecule has 22 heavy (non-hydrogen) atoms. The highest BCUT2D eigenvalue weighted by molar-refractivity contribution is 7.89. The molecule has 1 aromatic rings. The van der Waals surface area contributed by atoms with E-state index in [1.54, 1.807) is 25.2 Å². The van der Waals surface area contributed by atoms with Crippen molar-refractivity contribution in [3.8, 4) is 5.75 Å². The third-order valence-electron chi connectivity index (χ3n) is 4.22. The van der Waals surface area contributed by atoms with Crippen molar-refractivity contribution in [2.75, 3.05) is 20.2 Å². The molecule has 1 atom stereocenters. The van der Waals surface area contributed by atoms with Crippen LogP contribution in [0.4, 0.5) is 0 Å². The molecule has 6 heteroatoms. The summed E-state index contributed by atoms with van der Waals surface area (Å²) < 4.78 is 32.2. The zero-order valence-corrected chi connectivity index (χ0v) is 14.4. The molecule has 0 aliphatic carbocycles. The van der Waals surface area contributed by atoms with Crippen molar-refractivity contribution >= 4 is 10.0 Å². The number of rotatable bonds is 6. The van der Waals surface area contributed by atoms with Crippen LogP contribution in [0.5, 0.6) is 5.75 Å². The molecule has 0 radical (unpaired) electrons. The van der Waals surface area contributed by atoms with E-state index in [1.165, 1.54) is 4.31 Å². The van der Waals surface area contributed by atoms with E-state index in [0.29, 0.717) is 30.4 Å². The Morgan fingerprint density at radius 2 is 2.09 bits per heavy atom. The average Bonchev–Trinajstić information content (AvgIpc) is 2.51. The van der Waals surface area contributed by atoms with Gasteiger partial charge in [0.25, 0.3) is 0 Å². The Labute approximate surface area is 133 Å². The van der Waals surface area contributed by atoms with Gasteiger partial charge in [0.15, 0.2) is 0 Å². The van der Waals surface area contributed by atoms with E-state index in [2.05, 4.69) is 0 Å². The quantitative estimate of drug-likeness (QED) is 0.868. The van der Waals surface area contributed by atoms with E-state index in [0.717, 1.165) is 24.2 Å². The fraction of sp³-hybridized carbons (Fsp3) is 0.625. The third-order valence-corrected chi connectivity index (χ3v) is 6.07. The van der Waals surface area contributed by atoms with Crippen LogP contribution in [-0.4, -0.2) is 39.0 Å². The van der Waals surface area contributed by atoms with Crippen molar-refractivity contribution in [3.63, 3.8) is 0 Å². The second kappa shape index (κ2) is 6.98. The van der Waals surface area contributed by atoms with Gasteiger partial charge in [-0.25, -0.2) is 12.7 Å². The normalized spacial score (nSPS) is 16.5. The van der Waals surface area contributed by atoms with E-state index in [4.69, 9.17) is 10.5 Å². The van der Waals surface area contributed by atoms with Crippen LogP contribution in [-0.2, 0) is 16.4 Å². The van der Waals surface area contributed by atoms with Crippen molar-refractivity contribution < 1.29 is 13.2 Å². The minimum absolute atomic E-state index is 0.00887. The van der Waals surface area contributed by atoms with Crippen LogP contribution < -0.4 is 10.5 Å². The van der Waals surface area contributed by atoms with Gasteiger partial charge in [0.05, 0.1) is 11.5 Å². The first-order valence-corrected chi connectivity index (χ1v) is 9.24. The second-order valence-corrected chi connectivity index (χ2v) is 8.29. The maximum Gasteiger partial charge on any atom is 0.242 e. The molecule has 1 heterocycles. The molecule has 0 aromatic heterocycles. The van der Waals surface area contributed by atoms with E-state index in [1.807, 2.05) is 13.8 Å². The maximum atomic E-state index is 12.6. The van der Waals surface area contributed by atoms with E-state index in [-0.39, 0.29) is 6.04 Å². The van der Waals surface area contributed by atoms with Crippen molar-refractivity contribution in [1.29, 1.82) is 0 Å². The Morgan fingerprint density at radius 1 is 1.36 bits per heavy atom. The molecule has 5 nitrogen and oxygen atoms in total. The van der Waals surface area contributed by atoms with Gasteiger partial charge in [-0.2, -0.15) is 0 Å². The summed E-state index contributed by atoms with van der Waals surface area (Å²) in [7, 11) is -1.86. The summed E-state index contributed by atoms with van der Waals surface area (Å²) in [5, 5.41) is 0. The number of ether oxygens (including phenoxy) is 1. The summed E-state index contributed by atoms with van der Waals surface area (Å²) in [5.74, 6) is 1.15. The smallest absolute Gasteiger partial charge is 0.242 e. The molecule has 1 aliphatic rings. The average molecular weight is 326 g/mol. The first-order chi connectivity index (χ1) is 10.3. The van der Waals surface area contributed by atoms with Crippen molar-refractivity contribution in [2.45, 2.75) is 44.0 Å². The van der Waals surface area contributed by atoms with Gasteiger partial charge in [-0.05, 0) is 48.9 Å². The van der Waals surface area contributed by atoms with Crippen LogP contribution >= 0.6 is 0 Å². The molecule has 0 amide bonds. The Morgan fingerprint density at radius 3 is 2.77 bits per heavy atom. The third kappa shape index (κ3) is 3.80. The summed E-state index contributed by atoms with van der Waals surface area (Å²) in [6, 6.07) is 5.13. The monoisotopic (exact) mass is 326 g/mol. The van der Waals surface area contributed by atoms with Gasteiger partial charge in [-0.3, -0.25) is 0 Å². The molecular formula is C16H26N2O3S. The lowest BCUT2D eigenvalue weighted by molar-refractivity contribution is 0.288. The lowest BCUT2D eigenvalue weighted by atomic mass is 10.0. The number of nitrogens with two attached hydrogens (primary N) is 1. The van der Waals surface area contributed by atoms with Crippen LogP contribution in [0.25, 0.3) is 0 Å². The van der Waals surface area contributed by atoms with Crippen LogP contribution in [0.1, 0.15) is 32.3 Å². The predicted octanol–water partition coefficient (Wildman–Crippen LogP) is 2.01. The van der Waals surface area contributed by atoms with Gasteiger partial charge in [-0.1, -0.05) is 13.8 Å². The fourth-order valence-corrected chi connectivity index (χ4v) is 3.70. The number of aryl methyl sites for hydroxylation is 1. The number of hydrogen-bond donors (Lipinski definition) is 1. The number of sulfonamides is 1. The lowest BCUT2D eigenvalue weighted by Gasteiger charge is -2.22. The summed E-state index contributed by atoms with van der Waals surface area (Å²) in [5.41, 5.74) is 6.97. The molecule has 1 aromatic carbocycles. The first kappa shape index (κ1) is 17.2. The number of hydrogen-bond acceptors (Lipinski definition) is 4. The maximum absolute atomic E-state index is 12.6. The number of nitrogens with zero attached hydrogens (tertiary/aromatic N) is 1. The highest BCUT2D eigenvalue weighted by atomic mass is 32.2. The van der Waals surface area contributed by atoms with Crippen molar-refractivity contribution in [1.82, 2.24) is 4.31 Å². The lowest BCUT2D eigenvalue weighted by Crippen LogP contribution is -2.34. The van der Waals surface area contributed by atoms with E-state index < -0.39 is 10.0 Å². The van der Waals surface area contributed by atoms with Gasteiger partial charge >= 0.3 is 0 Å². The standard InChI is InChI=1S/C16H26N2O3S/c1-12(2)15(17)8-9-18(3)22(19,20)14-6-7-16-13(11-14)5-4-10-21-16/h6-7,11-12,15H,4-5,8-10,17H2,1-3H3. The predicted molar refractivity (Wildman–Crippen MR) is 87.5 cm³/mol. The van der Waals surface area contributed by atoms with Gasteiger partial charge in [0.1, 0.15) is 5.75 Å². The van der Waals surface area contributed by atoms with Crippen molar-refractivity contribution in [3.05, 3.63) is 23.8 Å². The minimum Gasteiger partial charge on any atom is -0.493 e. The van der Waals surface area contributed by atoms with Gasteiger partial charge in [-0.15, -0.1) is 0 Å². The Bertz CT molecular complexity index is 614. The molecule has 2 rings (SSSR count). The molecule has 0 fully saturated rings. The van der Waals surface area contributed by atoms with Crippen LogP contribution in [0.15, 0.2) is 23.1 Å². The van der Waals surface area contributed by atoms with Gasteiger partial charge in [0, 0.05) is 19.6 Å². The number of fused-ring (bicyclic) bond motifs is 1. The zero-order valence-electron chi connectivity index (χ0n) is 13.6. The molecular weight excluding hydrogens is 300 g/mol. The summed E-state index contributed by atoms with van der Waals surface area (Å²) in [4.78, 5) is 0.331. The molecule has 1 unspecified atom stereocenters. The summed E-state index contributed by atoms with van der Waals surface area (Å²) in [6.45, 7) is 5.21. The Balaban J connectivity index is 2.12. The Hall–Kier alpha value is -1.11. The first-order valence-electron chi connectivity index (χ1n) is 7.80. The van der Waals surface area contributed by atoms with Crippen LogP contribution in [0.3, 0.4) is 0 Å². The molecule has 0 saturated heterocycles. The van der Waals surface area contributed by atoms with E-state index in [9.17, 15) is 8.42 Å². The molecule has 2 N–H and O–H groups in total. The summed E-state index contributed by atoms with van der Waals surface area (Å²) in [6.07, 6.45) is 2.44. The molecule has 124 valence electrons. The highest BCUT2D eigenvalue weighted by Gasteiger charge is 2.23. The van der Waals surface area contributed by atoms with Gasteiger partial charge < -0.3 is 10.5 Å². The molecule has 1 aliphatic heterocycles. The topological polar surface area (TPSA) is 72.6 Å². The fourth-order valence-electron chi connectivity index (χ4n) is 2.46. The molecule has 0 bridgehead atoms. The van der Waals surface area contributed by atoms with Crippen LogP contribution in [0.2, 0.25) is 0 Å². The van der Waals surface area contributed by atoms with Crippen molar-refractivity contribution in [2.24, 2.45) is 11.7 Å². The van der Waals surface area contributed by atoms with Gasteiger partial charge in [0.2, 0.25) is 10.0 Å². The Kier molecular flexibility index (Phi) is 5.47. The largest absolute Gasteiger partial charge is 0.493 e. The van der Waals surface area contributed by atoms with Crippen LogP contribution in [0, 0.1) is 5.92 Å². The highest BCUT2D eigenvalue weighted by Crippen LogP contribution is 2.28. The van der Waals surface area contributed by atoms with E-state index >= 15 is 0 Å². The SMILES string of the molecule is CC(C)C(N)CCN(C)S(=O)(=O)c1ccc2c(c1)CCCO2. The minimum atomic E-state index is -3.47. The molecule has 0 saturated carbocycles. The molecule has 0 spiro atoms. The zero-order chi connectivity index (χ0) is 16.3. The number of benzene rings is 1. The summed E-state index contributed by atoms with van der Waals surface area (Å²) >= 11 is 0.